The molecule has 2 nitrogen and oxygen atoms in total. The van der Waals surface area contributed by atoms with Crippen LogP contribution in [0.2, 0.25) is 10.5 Å². The molecule has 0 amide bonds. The zero-order chi connectivity index (χ0) is 7.28. The van der Waals surface area contributed by atoms with E-state index in [0.29, 0.717) is 0 Å². The molecular weight excluding hydrogens is 177 g/mol. The molecule has 53 valence electrons. The molecule has 0 saturated carbocycles. The fourth-order valence-electron chi connectivity index (χ4n) is 0.598. The third-order valence-electron chi connectivity index (χ3n) is 1.08. The van der Waals surface area contributed by atoms with Crippen LogP contribution in [-0.2, 0) is 8.56 Å². The third-order valence-corrected chi connectivity index (χ3v) is 5.59. The van der Waals surface area contributed by atoms with E-state index in [1.165, 1.54) is 6.92 Å². The Labute approximate surface area is 61.0 Å². The van der Waals surface area contributed by atoms with Gasteiger partial charge in [-0.2, -0.15) is 0 Å². The van der Waals surface area contributed by atoms with Crippen molar-refractivity contribution in [2.45, 2.75) is 31.3 Å². The van der Waals surface area contributed by atoms with E-state index in [9.17, 15) is 4.79 Å². The van der Waals surface area contributed by atoms with Gasteiger partial charge in [0.25, 0.3) is 0 Å². The van der Waals surface area contributed by atoms with Gasteiger partial charge in [0, 0.05) is 0 Å². The van der Waals surface area contributed by atoms with Gasteiger partial charge in [0.15, 0.2) is 0 Å². The monoisotopic (exact) mass is 191 g/mol. The summed E-state index contributed by atoms with van der Waals surface area (Å²) in [5.41, 5.74) is 0. The van der Waals surface area contributed by atoms with Gasteiger partial charge in [-0.05, 0) is 0 Å². The van der Waals surface area contributed by atoms with Crippen molar-refractivity contribution in [1.82, 2.24) is 0 Å². The zero-order valence-electron chi connectivity index (χ0n) is 6.23. The second-order valence-corrected chi connectivity index (χ2v) is 7.50. The predicted octanol–water partition coefficient (Wildman–Crippen LogP) is 1.58. The van der Waals surface area contributed by atoms with Gasteiger partial charge in [-0.3, -0.25) is 0 Å². The van der Waals surface area contributed by atoms with Crippen LogP contribution in [0.25, 0.3) is 0 Å². The molecule has 0 heterocycles. The van der Waals surface area contributed by atoms with Crippen LogP contribution in [0.4, 0.5) is 0 Å². The number of hydrogen-bond acceptors (Lipinski definition) is 2. The molecule has 0 saturated heterocycles. The Morgan fingerprint density at radius 3 is 2.00 bits per heavy atom. The summed E-state index contributed by atoms with van der Waals surface area (Å²) >= 11 is -1.34. The summed E-state index contributed by atoms with van der Waals surface area (Å²) in [6.45, 7) is 5.65. The molecule has 0 aromatic carbocycles. The van der Waals surface area contributed by atoms with Gasteiger partial charge in [-0.25, -0.2) is 0 Å². The molecule has 9 heavy (non-hydrogen) atoms. The first-order valence-corrected chi connectivity index (χ1v) is 7.06. The topological polar surface area (TPSA) is 26.3 Å². The van der Waals surface area contributed by atoms with E-state index in [1.807, 2.05) is 0 Å². The van der Waals surface area contributed by atoms with E-state index in [2.05, 4.69) is 13.8 Å². The minimum absolute atomic E-state index is 0.103. The van der Waals surface area contributed by atoms with Crippen molar-refractivity contribution in [2.24, 2.45) is 0 Å². The Hall–Kier alpha value is 0.0129. The number of rotatable bonds is 3. The quantitative estimate of drug-likeness (QED) is 0.631. The Kier molecular flexibility index (Phi) is 4.86. The molecule has 0 aliphatic carbocycles. The van der Waals surface area contributed by atoms with Crippen LogP contribution < -0.4 is 0 Å². The summed E-state index contributed by atoms with van der Waals surface area (Å²) in [6.07, 6.45) is 0. The normalized spacial score (nSPS) is 9.78. The van der Waals surface area contributed by atoms with Gasteiger partial charge >= 0.3 is 60.5 Å². The van der Waals surface area contributed by atoms with Crippen molar-refractivity contribution in [3.8, 4) is 0 Å². The molecule has 0 bridgehead atoms. The van der Waals surface area contributed by atoms with Gasteiger partial charge in [0.05, 0.1) is 0 Å². The Morgan fingerprint density at radius 2 is 1.89 bits per heavy atom. The fraction of sp³-hybridized carbons (Fsp3) is 0.833. The van der Waals surface area contributed by atoms with Crippen LogP contribution in [0.15, 0.2) is 0 Å². The molecule has 3 heteroatoms. The van der Waals surface area contributed by atoms with E-state index in [1.54, 1.807) is 0 Å². The van der Waals surface area contributed by atoms with Gasteiger partial charge in [0.1, 0.15) is 0 Å². The molecule has 0 aliphatic rings. The molecule has 0 spiro atoms. The van der Waals surface area contributed by atoms with E-state index in [0.717, 1.165) is 10.5 Å². The summed E-state index contributed by atoms with van der Waals surface area (Å²) in [5, 5.41) is 2.16. The van der Waals surface area contributed by atoms with Crippen LogP contribution in [0.1, 0.15) is 20.8 Å². The summed E-state index contributed by atoms with van der Waals surface area (Å²) in [7, 11) is 0. The number of carbonyl (C=O) groups excluding carboxylic acids is 1. The van der Waals surface area contributed by atoms with E-state index in [4.69, 9.17) is 3.76 Å². The van der Waals surface area contributed by atoms with Crippen LogP contribution in [-0.4, -0.2) is 20.7 Å². The Bertz CT molecular complexity index is 89.1. The van der Waals surface area contributed by atoms with Gasteiger partial charge in [0.2, 0.25) is 0 Å². The van der Waals surface area contributed by atoms with Gasteiger partial charge in [-0.1, -0.05) is 0 Å². The molecule has 0 rings (SSSR count). The van der Waals surface area contributed by atoms with Gasteiger partial charge in [-0.15, -0.1) is 0 Å². The molecule has 0 aliphatic heterocycles. The van der Waals surface area contributed by atoms with Crippen molar-refractivity contribution in [2.75, 3.05) is 0 Å². The predicted molar refractivity (Wildman–Crippen MR) is 38.5 cm³/mol. The summed E-state index contributed by atoms with van der Waals surface area (Å²) in [4.78, 5) is 10.4. The summed E-state index contributed by atoms with van der Waals surface area (Å²) in [6, 6.07) is 0. The average Bonchev–Trinajstić information content (AvgIpc) is 1.82. The van der Waals surface area contributed by atoms with Gasteiger partial charge < -0.3 is 0 Å². The molecule has 0 fully saturated rings. The third kappa shape index (κ3) is 4.51. The second-order valence-electron chi connectivity index (χ2n) is 1.84. The molecule has 0 aromatic rings. The van der Waals surface area contributed by atoms with E-state index in [-0.39, 0.29) is 5.97 Å². The molecule has 0 N–H and O–H groups in total. The van der Waals surface area contributed by atoms with Crippen LogP contribution in [0.5, 0.6) is 0 Å². The van der Waals surface area contributed by atoms with Crippen LogP contribution in [0.3, 0.4) is 0 Å². The standard InChI is InChI=1S/C6H13GeO2/c1-4-7(5-2)9-6(3)8/h4-5H2,1-3H3. The Balaban J connectivity index is 3.43. The zero-order valence-corrected chi connectivity index (χ0v) is 8.33. The second kappa shape index (κ2) is 4.85. The summed E-state index contributed by atoms with van der Waals surface area (Å²) < 4.78 is 5.08. The molecule has 0 unspecified atom stereocenters. The van der Waals surface area contributed by atoms with Crippen molar-refractivity contribution in [3.63, 3.8) is 0 Å². The first-order chi connectivity index (χ1) is 4.20. The van der Waals surface area contributed by atoms with E-state index < -0.39 is 14.7 Å². The van der Waals surface area contributed by atoms with E-state index >= 15 is 0 Å². The Morgan fingerprint density at radius 1 is 1.44 bits per heavy atom. The molecule has 0 aromatic heterocycles. The SMILES string of the molecule is C[CH2][Ge]([CH2]C)[O]C(C)=O. The summed E-state index contributed by atoms with van der Waals surface area (Å²) in [5.74, 6) is -0.103. The van der Waals surface area contributed by atoms with Crippen molar-refractivity contribution in [1.29, 1.82) is 0 Å². The maximum absolute atomic E-state index is 10.4. The fourth-order valence-corrected chi connectivity index (χ4v) is 3.11. The number of hydrogen-bond donors (Lipinski definition) is 0. The molecule has 0 atom stereocenters. The van der Waals surface area contributed by atoms with Crippen LogP contribution >= 0.6 is 0 Å². The first kappa shape index (κ1) is 9.01. The van der Waals surface area contributed by atoms with Crippen molar-refractivity contribution in [3.05, 3.63) is 0 Å². The van der Waals surface area contributed by atoms with Crippen molar-refractivity contribution < 1.29 is 8.56 Å². The molecule has 1 radical (unpaired) electrons. The van der Waals surface area contributed by atoms with Crippen molar-refractivity contribution >= 4 is 20.7 Å². The first-order valence-electron chi connectivity index (χ1n) is 3.23. The maximum atomic E-state index is 10.4. The van der Waals surface area contributed by atoms with Crippen LogP contribution in [0, 0.1) is 0 Å². The average molecular weight is 190 g/mol. The number of carbonyl (C=O) groups is 1. The molecular formula is C6H13GeO2. The minimum atomic E-state index is -1.34.